The molecule has 0 saturated carbocycles. The maximum absolute atomic E-state index is 12.4. The van der Waals surface area contributed by atoms with Crippen molar-refractivity contribution < 1.29 is 17.9 Å². The highest BCUT2D eigenvalue weighted by atomic mass is 32.2. The summed E-state index contributed by atoms with van der Waals surface area (Å²) in [7, 11) is 0. The molecule has 0 bridgehead atoms. The first kappa shape index (κ1) is 13.7. The highest BCUT2D eigenvalue weighted by Crippen LogP contribution is 2.30. The van der Waals surface area contributed by atoms with Crippen LogP contribution in [0.4, 0.5) is 13.2 Å². The molecule has 6 heteroatoms. The summed E-state index contributed by atoms with van der Waals surface area (Å²) < 4.78 is 42.8. The van der Waals surface area contributed by atoms with E-state index in [-0.39, 0.29) is 12.1 Å². The van der Waals surface area contributed by atoms with Crippen LogP contribution in [0.5, 0.6) is 0 Å². The monoisotopic (exact) mass is 277 g/mol. The van der Waals surface area contributed by atoms with Crippen LogP contribution >= 0.6 is 11.8 Å². The molecule has 1 aromatic carbocycles. The molecule has 2 N–H and O–H groups in total. The van der Waals surface area contributed by atoms with E-state index < -0.39 is 11.7 Å². The second-order valence-electron chi connectivity index (χ2n) is 4.13. The minimum absolute atomic E-state index is 0.125. The van der Waals surface area contributed by atoms with Crippen LogP contribution in [0.2, 0.25) is 0 Å². The molecule has 1 heterocycles. The quantitative estimate of drug-likeness (QED) is 0.903. The zero-order valence-electron chi connectivity index (χ0n) is 9.61. The van der Waals surface area contributed by atoms with E-state index >= 15 is 0 Å². The van der Waals surface area contributed by atoms with Crippen LogP contribution in [-0.4, -0.2) is 24.2 Å². The summed E-state index contributed by atoms with van der Waals surface area (Å²) in [5.74, 6) is 1.72. The Morgan fingerprint density at radius 2 is 1.94 bits per heavy atom. The molecule has 1 saturated heterocycles. The summed E-state index contributed by atoms with van der Waals surface area (Å²) in [4.78, 5) is 0. The summed E-state index contributed by atoms with van der Waals surface area (Å²) in [6, 6.07) is 4.60. The van der Waals surface area contributed by atoms with Crippen LogP contribution in [0.3, 0.4) is 0 Å². The molecule has 1 aliphatic heterocycles. The molecule has 0 amide bonds. The molecule has 1 aromatic rings. The van der Waals surface area contributed by atoms with Gasteiger partial charge in [-0.25, -0.2) is 0 Å². The topological polar surface area (TPSA) is 35.2 Å². The van der Waals surface area contributed by atoms with Crippen molar-refractivity contribution in [3.05, 3.63) is 35.4 Å². The van der Waals surface area contributed by atoms with Crippen molar-refractivity contribution in [2.24, 2.45) is 5.73 Å². The second-order valence-corrected chi connectivity index (χ2v) is 5.28. The van der Waals surface area contributed by atoms with Crippen molar-refractivity contribution in [3.63, 3.8) is 0 Å². The van der Waals surface area contributed by atoms with Gasteiger partial charge in [-0.2, -0.15) is 24.9 Å². The van der Waals surface area contributed by atoms with Crippen LogP contribution in [0.15, 0.2) is 24.3 Å². The van der Waals surface area contributed by atoms with E-state index in [2.05, 4.69) is 0 Å². The predicted molar refractivity (Wildman–Crippen MR) is 65.4 cm³/mol. The van der Waals surface area contributed by atoms with Gasteiger partial charge < -0.3 is 10.5 Å². The summed E-state index contributed by atoms with van der Waals surface area (Å²) in [5.41, 5.74) is 6.03. The van der Waals surface area contributed by atoms with E-state index in [4.69, 9.17) is 10.5 Å². The first-order valence-corrected chi connectivity index (χ1v) is 6.76. The summed E-state index contributed by atoms with van der Waals surface area (Å²) in [5, 5.41) is 0. The lowest BCUT2D eigenvalue weighted by atomic mass is 10.0. The van der Waals surface area contributed by atoms with Crippen LogP contribution in [0, 0.1) is 0 Å². The molecule has 0 aliphatic carbocycles. The van der Waals surface area contributed by atoms with Gasteiger partial charge in [-0.05, 0) is 17.7 Å². The maximum Gasteiger partial charge on any atom is 0.416 e. The third-order valence-corrected chi connectivity index (χ3v) is 3.88. The smallest absolute Gasteiger partial charge is 0.375 e. The normalized spacial score (nSPS) is 22.8. The molecular weight excluding hydrogens is 263 g/mol. The maximum atomic E-state index is 12.4. The van der Waals surface area contributed by atoms with Crippen molar-refractivity contribution in [3.8, 4) is 0 Å². The zero-order valence-corrected chi connectivity index (χ0v) is 10.4. The first-order valence-electron chi connectivity index (χ1n) is 5.60. The van der Waals surface area contributed by atoms with Gasteiger partial charge in [0.2, 0.25) is 0 Å². The van der Waals surface area contributed by atoms with Crippen LogP contribution in [-0.2, 0) is 10.9 Å². The van der Waals surface area contributed by atoms with Gasteiger partial charge in [0.1, 0.15) is 0 Å². The fraction of sp³-hybridized carbons (Fsp3) is 0.500. The van der Waals surface area contributed by atoms with Crippen molar-refractivity contribution in [1.29, 1.82) is 0 Å². The molecule has 1 fully saturated rings. The van der Waals surface area contributed by atoms with E-state index in [1.54, 1.807) is 11.8 Å². The molecule has 0 aromatic heterocycles. The molecule has 2 unspecified atom stereocenters. The number of nitrogens with two attached hydrogens (primary N) is 1. The van der Waals surface area contributed by atoms with Gasteiger partial charge in [-0.15, -0.1) is 0 Å². The Bertz CT molecular complexity index is 387. The lowest BCUT2D eigenvalue weighted by Crippen LogP contribution is -2.34. The molecular formula is C12H14F3NOS. The Kier molecular flexibility index (Phi) is 4.19. The van der Waals surface area contributed by atoms with E-state index in [0.29, 0.717) is 12.2 Å². The number of benzene rings is 1. The highest BCUT2D eigenvalue weighted by Gasteiger charge is 2.30. The molecule has 100 valence electrons. The average molecular weight is 277 g/mol. The molecule has 2 atom stereocenters. The Morgan fingerprint density at radius 1 is 1.28 bits per heavy atom. The number of ether oxygens (including phenoxy) is 1. The summed E-state index contributed by atoms with van der Waals surface area (Å²) in [6.07, 6.45) is -4.43. The summed E-state index contributed by atoms with van der Waals surface area (Å²) in [6.45, 7) is 0.643. The van der Waals surface area contributed by atoms with Crippen molar-refractivity contribution in [2.45, 2.75) is 18.3 Å². The van der Waals surface area contributed by atoms with Gasteiger partial charge in [-0.3, -0.25) is 0 Å². The first-order chi connectivity index (χ1) is 8.48. The Hall–Kier alpha value is -0.720. The number of alkyl halides is 3. The number of hydrogen-bond acceptors (Lipinski definition) is 3. The number of hydrogen-bond donors (Lipinski definition) is 1. The van der Waals surface area contributed by atoms with Crippen molar-refractivity contribution in [2.75, 3.05) is 18.1 Å². The van der Waals surface area contributed by atoms with Crippen LogP contribution in [0.1, 0.15) is 17.2 Å². The Balaban J connectivity index is 2.09. The van der Waals surface area contributed by atoms with Crippen molar-refractivity contribution in [1.82, 2.24) is 0 Å². The standard InChI is InChI=1S/C12H14F3NOS/c13-12(14,15)9-3-1-8(2-4-9)11(16)10-7-18-6-5-17-10/h1-4,10-11H,5-7,16H2. The molecule has 0 spiro atoms. The zero-order chi connectivity index (χ0) is 13.2. The minimum atomic E-state index is -4.31. The van der Waals surface area contributed by atoms with Gasteiger partial charge in [-0.1, -0.05) is 12.1 Å². The molecule has 0 radical (unpaired) electrons. The molecule has 2 nitrogen and oxygen atoms in total. The minimum Gasteiger partial charge on any atom is -0.375 e. The Labute approximate surface area is 108 Å². The third kappa shape index (κ3) is 3.18. The predicted octanol–water partition coefficient (Wildman–Crippen LogP) is 2.84. The van der Waals surface area contributed by atoms with E-state index in [0.717, 1.165) is 23.6 Å². The molecule has 18 heavy (non-hydrogen) atoms. The SMILES string of the molecule is NC(c1ccc(C(F)(F)F)cc1)C1CSCCO1. The van der Waals surface area contributed by atoms with Crippen molar-refractivity contribution >= 4 is 11.8 Å². The third-order valence-electron chi connectivity index (χ3n) is 2.87. The highest BCUT2D eigenvalue weighted by molar-refractivity contribution is 7.99. The fourth-order valence-electron chi connectivity index (χ4n) is 1.82. The largest absolute Gasteiger partial charge is 0.416 e. The van der Waals surface area contributed by atoms with E-state index in [1.807, 2.05) is 0 Å². The van der Waals surface area contributed by atoms with Gasteiger partial charge in [0.05, 0.1) is 24.3 Å². The van der Waals surface area contributed by atoms with E-state index in [9.17, 15) is 13.2 Å². The van der Waals surface area contributed by atoms with Crippen LogP contribution < -0.4 is 5.73 Å². The fourth-order valence-corrected chi connectivity index (χ4v) is 2.74. The van der Waals surface area contributed by atoms with Crippen LogP contribution in [0.25, 0.3) is 0 Å². The van der Waals surface area contributed by atoms with Gasteiger partial charge in [0.15, 0.2) is 0 Å². The number of thioether (sulfide) groups is 1. The lowest BCUT2D eigenvalue weighted by Gasteiger charge is -2.28. The second kappa shape index (κ2) is 5.50. The number of rotatable bonds is 2. The average Bonchev–Trinajstić information content (AvgIpc) is 2.38. The van der Waals surface area contributed by atoms with Gasteiger partial charge in [0, 0.05) is 11.5 Å². The lowest BCUT2D eigenvalue weighted by molar-refractivity contribution is -0.137. The van der Waals surface area contributed by atoms with E-state index in [1.165, 1.54) is 12.1 Å². The molecule has 1 aliphatic rings. The van der Waals surface area contributed by atoms with Gasteiger partial charge in [0.25, 0.3) is 0 Å². The Morgan fingerprint density at radius 3 is 2.44 bits per heavy atom. The number of halogens is 3. The summed E-state index contributed by atoms with van der Waals surface area (Å²) >= 11 is 1.75. The molecule has 2 rings (SSSR count). The van der Waals surface area contributed by atoms with Gasteiger partial charge >= 0.3 is 6.18 Å².